The van der Waals surface area contributed by atoms with E-state index in [1.165, 1.54) is 6.07 Å². The number of ketones is 1. The van der Waals surface area contributed by atoms with Crippen LogP contribution in [-0.4, -0.2) is 25.3 Å². The normalized spacial score (nSPS) is 17.9. The van der Waals surface area contributed by atoms with Crippen molar-refractivity contribution in [2.45, 2.75) is 31.4 Å². The van der Waals surface area contributed by atoms with Crippen molar-refractivity contribution in [3.05, 3.63) is 23.8 Å². The van der Waals surface area contributed by atoms with E-state index in [1.807, 2.05) is 0 Å². The zero-order valence-electron chi connectivity index (χ0n) is 11.0. The van der Waals surface area contributed by atoms with Crippen LogP contribution < -0.4 is 8.92 Å². The number of hydrogen-bond acceptors (Lipinski definition) is 5. The number of benzene rings is 1. The molecule has 0 unspecified atom stereocenters. The van der Waals surface area contributed by atoms with Crippen LogP contribution in [0.1, 0.15) is 30.6 Å². The third kappa shape index (κ3) is 3.12. The largest absolute Gasteiger partial charge is 0.534 e. The van der Waals surface area contributed by atoms with Crippen LogP contribution in [0.3, 0.4) is 0 Å². The molecule has 0 aromatic heterocycles. The number of carbonyl (C=O) groups excluding carboxylic acids is 1. The minimum absolute atomic E-state index is 0.00822. The highest BCUT2D eigenvalue weighted by atomic mass is 32.2. The number of carbonyl (C=O) groups is 1. The predicted octanol–water partition coefficient (Wildman–Crippen LogP) is 2.66. The van der Waals surface area contributed by atoms with Gasteiger partial charge in [-0.3, -0.25) is 4.79 Å². The number of hydrogen-bond donors (Lipinski definition) is 0. The Bertz CT molecular complexity index is 691. The average molecular weight is 324 g/mol. The van der Waals surface area contributed by atoms with Gasteiger partial charge in [-0.25, -0.2) is 0 Å². The Hall–Kier alpha value is -1.77. The Kier molecular flexibility index (Phi) is 3.43. The Morgan fingerprint density at radius 1 is 1.29 bits per heavy atom. The van der Waals surface area contributed by atoms with Crippen LogP contribution in [0.15, 0.2) is 18.2 Å². The van der Waals surface area contributed by atoms with Gasteiger partial charge in [-0.05, 0) is 26.0 Å². The fourth-order valence-corrected chi connectivity index (χ4v) is 2.31. The second-order valence-corrected chi connectivity index (χ2v) is 6.64. The smallest absolute Gasteiger partial charge is 0.486 e. The van der Waals surface area contributed by atoms with Gasteiger partial charge >= 0.3 is 15.6 Å². The van der Waals surface area contributed by atoms with E-state index in [1.54, 1.807) is 13.8 Å². The van der Waals surface area contributed by atoms with Crippen LogP contribution in [-0.2, 0) is 10.1 Å². The van der Waals surface area contributed by atoms with Crippen molar-refractivity contribution in [2.24, 2.45) is 0 Å². The molecule has 1 aliphatic heterocycles. The minimum atomic E-state index is -5.76. The summed E-state index contributed by atoms with van der Waals surface area (Å²) in [6.45, 7) is 3.27. The maximum atomic E-state index is 12.2. The van der Waals surface area contributed by atoms with Gasteiger partial charge in [-0.1, -0.05) is 0 Å². The summed E-state index contributed by atoms with van der Waals surface area (Å²) in [5.41, 5.74) is -6.18. The van der Waals surface area contributed by atoms with Gasteiger partial charge in [-0.2, -0.15) is 21.6 Å². The van der Waals surface area contributed by atoms with Crippen molar-refractivity contribution in [1.82, 2.24) is 0 Å². The van der Waals surface area contributed by atoms with Gasteiger partial charge in [0, 0.05) is 6.07 Å². The summed E-state index contributed by atoms with van der Waals surface area (Å²) in [5.74, 6) is -0.825. The first-order chi connectivity index (χ1) is 9.41. The molecule has 0 amide bonds. The fraction of sp³-hybridized carbons (Fsp3) is 0.417. The lowest BCUT2D eigenvalue weighted by atomic mass is 9.93. The van der Waals surface area contributed by atoms with E-state index in [0.717, 1.165) is 12.1 Å². The molecule has 116 valence electrons. The lowest BCUT2D eigenvalue weighted by Gasteiger charge is -2.31. The zero-order valence-corrected chi connectivity index (χ0v) is 11.8. The summed E-state index contributed by atoms with van der Waals surface area (Å²) in [6.07, 6.45) is 0.112. The molecule has 0 spiro atoms. The van der Waals surface area contributed by atoms with Crippen LogP contribution in [0.4, 0.5) is 13.2 Å². The Morgan fingerprint density at radius 2 is 1.90 bits per heavy atom. The number of alkyl halides is 3. The summed E-state index contributed by atoms with van der Waals surface area (Å²) in [6, 6.07) is 3.10. The van der Waals surface area contributed by atoms with Crippen molar-refractivity contribution in [2.75, 3.05) is 0 Å². The van der Waals surface area contributed by atoms with Crippen molar-refractivity contribution in [1.29, 1.82) is 0 Å². The van der Waals surface area contributed by atoms with E-state index in [9.17, 15) is 26.4 Å². The van der Waals surface area contributed by atoms with Gasteiger partial charge in [0.25, 0.3) is 0 Å². The van der Waals surface area contributed by atoms with E-state index in [2.05, 4.69) is 4.18 Å². The summed E-state index contributed by atoms with van der Waals surface area (Å²) >= 11 is 0. The van der Waals surface area contributed by atoms with Crippen LogP contribution in [0.25, 0.3) is 0 Å². The van der Waals surface area contributed by atoms with Gasteiger partial charge in [0.1, 0.15) is 17.1 Å². The molecule has 0 saturated carbocycles. The molecule has 1 aliphatic rings. The summed E-state index contributed by atoms with van der Waals surface area (Å²) in [7, 11) is -5.76. The maximum absolute atomic E-state index is 12.2. The molecular formula is C12H11F3O5S. The third-order valence-corrected chi connectivity index (χ3v) is 3.69. The van der Waals surface area contributed by atoms with Gasteiger partial charge < -0.3 is 8.92 Å². The molecule has 1 aromatic carbocycles. The quantitative estimate of drug-likeness (QED) is 0.618. The van der Waals surface area contributed by atoms with Gasteiger partial charge in [0.2, 0.25) is 0 Å². The molecule has 1 heterocycles. The Labute approximate surface area is 118 Å². The van der Waals surface area contributed by atoms with Crippen LogP contribution >= 0.6 is 0 Å². The molecule has 0 N–H and O–H groups in total. The topological polar surface area (TPSA) is 69.7 Å². The molecule has 5 nitrogen and oxygen atoms in total. The first kappa shape index (κ1) is 15.6. The second-order valence-electron chi connectivity index (χ2n) is 5.10. The predicted molar refractivity (Wildman–Crippen MR) is 65.7 cm³/mol. The van der Waals surface area contributed by atoms with E-state index < -0.39 is 27.0 Å². The molecule has 1 aromatic rings. The minimum Gasteiger partial charge on any atom is -0.486 e. The highest BCUT2D eigenvalue weighted by molar-refractivity contribution is 7.88. The molecule has 0 fully saturated rings. The summed E-state index contributed by atoms with van der Waals surface area (Å²) < 4.78 is 68.0. The van der Waals surface area contributed by atoms with Crippen LogP contribution in [0.5, 0.6) is 11.5 Å². The maximum Gasteiger partial charge on any atom is 0.534 e. The van der Waals surface area contributed by atoms with Crippen LogP contribution in [0, 0.1) is 0 Å². The molecule has 0 atom stereocenters. The van der Waals surface area contributed by atoms with Crippen LogP contribution in [0.2, 0.25) is 0 Å². The van der Waals surface area contributed by atoms with Gasteiger partial charge in [0.05, 0.1) is 12.0 Å². The molecule has 9 heteroatoms. The molecule has 2 rings (SSSR count). The molecule has 21 heavy (non-hydrogen) atoms. The van der Waals surface area contributed by atoms with Crippen molar-refractivity contribution < 1.29 is 35.3 Å². The zero-order chi connectivity index (χ0) is 16.1. The Morgan fingerprint density at radius 3 is 2.48 bits per heavy atom. The van der Waals surface area contributed by atoms with E-state index in [4.69, 9.17) is 4.74 Å². The SMILES string of the molecule is CC1(C)CC(=O)c2ccc(OS(=O)(=O)C(F)(F)F)cc2O1. The first-order valence-electron chi connectivity index (χ1n) is 5.78. The lowest BCUT2D eigenvalue weighted by Crippen LogP contribution is -2.36. The van der Waals surface area contributed by atoms with E-state index in [-0.39, 0.29) is 23.5 Å². The first-order valence-corrected chi connectivity index (χ1v) is 7.19. The lowest BCUT2D eigenvalue weighted by molar-refractivity contribution is -0.0500. The highest BCUT2D eigenvalue weighted by Crippen LogP contribution is 2.36. The van der Waals surface area contributed by atoms with Crippen molar-refractivity contribution >= 4 is 15.9 Å². The number of fused-ring (bicyclic) bond motifs is 1. The molecular weight excluding hydrogens is 313 g/mol. The molecule has 0 bridgehead atoms. The highest BCUT2D eigenvalue weighted by Gasteiger charge is 2.48. The summed E-state index contributed by atoms with van der Waals surface area (Å²) in [4.78, 5) is 11.8. The fourth-order valence-electron chi connectivity index (χ4n) is 1.86. The summed E-state index contributed by atoms with van der Waals surface area (Å²) in [5, 5.41) is 0. The van der Waals surface area contributed by atoms with Crippen molar-refractivity contribution in [3.8, 4) is 11.5 Å². The molecule has 0 radical (unpaired) electrons. The molecule has 0 aliphatic carbocycles. The van der Waals surface area contributed by atoms with Crippen molar-refractivity contribution in [3.63, 3.8) is 0 Å². The average Bonchev–Trinajstić information content (AvgIpc) is 2.24. The molecule has 0 saturated heterocycles. The number of ether oxygens (including phenoxy) is 1. The number of rotatable bonds is 2. The van der Waals surface area contributed by atoms with Gasteiger partial charge in [0.15, 0.2) is 5.78 Å². The second kappa shape index (κ2) is 4.62. The monoisotopic (exact) mass is 324 g/mol. The Balaban J connectivity index is 2.37. The van der Waals surface area contributed by atoms with Gasteiger partial charge in [-0.15, -0.1) is 0 Å². The third-order valence-electron chi connectivity index (χ3n) is 2.72. The standard InChI is InChI=1S/C12H11F3O5S/c1-11(2)6-9(16)8-4-3-7(5-10(8)19-11)20-21(17,18)12(13,14)15/h3-5H,6H2,1-2H3. The van der Waals surface area contributed by atoms with E-state index >= 15 is 0 Å². The number of Topliss-reactive ketones (excluding diaryl/α,β-unsaturated/α-hetero) is 1. The van der Waals surface area contributed by atoms with E-state index in [0.29, 0.717) is 0 Å². The number of halogens is 3.